The van der Waals surface area contributed by atoms with Gasteiger partial charge >= 0.3 is 0 Å². The molecule has 0 radical (unpaired) electrons. The Labute approximate surface area is 179 Å². The lowest BCUT2D eigenvalue weighted by molar-refractivity contribution is 0.0564. The molecule has 2 heterocycles. The molecule has 1 aromatic heterocycles. The second-order valence-electron chi connectivity index (χ2n) is 8.87. The van der Waals surface area contributed by atoms with Crippen LogP contribution in [0.5, 0.6) is 0 Å². The molecule has 1 aliphatic heterocycles. The summed E-state index contributed by atoms with van der Waals surface area (Å²) in [5.74, 6) is 0.554. The number of benzene rings is 1. The van der Waals surface area contributed by atoms with Gasteiger partial charge in [0.25, 0.3) is 5.91 Å². The molecule has 1 atom stereocenters. The van der Waals surface area contributed by atoms with Gasteiger partial charge in [-0.05, 0) is 62.3 Å². The number of likely N-dealkylation sites (tertiary alicyclic amines) is 1. The Morgan fingerprint density at radius 1 is 1.27 bits per heavy atom. The molecule has 1 aliphatic carbocycles. The third kappa shape index (κ3) is 4.60. The highest BCUT2D eigenvalue weighted by Crippen LogP contribution is 2.29. The summed E-state index contributed by atoms with van der Waals surface area (Å²) in [5, 5.41) is 4.36. The lowest BCUT2D eigenvalue weighted by Gasteiger charge is -2.38. The average molecular weight is 411 g/mol. The van der Waals surface area contributed by atoms with Crippen LogP contribution < -0.4 is 0 Å². The van der Waals surface area contributed by atoms with E-state index >= 15 is 0 Å². The van der Waals surface area contributed by atoms with Crippen LogP contribution >= 0.6 is 0 Å². The molecule has 6 nitrogen and oxygen atoms in total. The van der Waals surface area contributed by atoms with E-state index in [-0.39, 0.29) is 5.91 Å². The Kier molecular flexibility index (Phi) is 6.54. The Morgan fingerprint density at radius 2 is 2.00 bits per heavy atom. The van der Waals surface area contributed by atoms with Crippen LogP contribution in [0.2, 0.25) is 0 Å². The van der Waals surface area contributed by atoms with Crippen LogP contribution in [-0.2, 0) is 24.6 Å². The van der Waals surface area contributed by atoms with Crippen molar-refractivity contribution in [3.8, 4) is 0 Å². The standard InChI is InChI=1S/C24H34N4O2/c1-18-13-23(26(2)25-18)24(29)28(11-12-30-3)17-19-7-6-10-27(16-19)22-14-20-8-4-5-9-21(20)15-22/h4-5,8-9,13,19,22H,6-7,10-12,14-17H2,1-3H3/t19-/m0/s1. The molecule has 1 aromatic carbocycles. The van der Waals surface area contributed by atoms with Gasteiger partial charge in [0.15, 0.2) is 0 Å². The molecule has 0 unspecified atom stereocenters. The number of aromatic nitrogens is 2. The van der Waals surface area contributed by atoms with E-state index in [4.69, 9.17) is 4.74 Å². The normalized spacial score (nSPS) is 19.8. The smallest absolute Gasteiger partial charge is 0.272 e. The summed E-state index contributed by atoms with van der Waals surface area (Å²) in [5.41, 5.74) is 4.54. The van der Waals surface area contributed by atoms with E-state index in [0.29, 0.717) is 30.8 Å². The molecule has 2 aliphatic rings. The van der Waals surface area contributed by atoms with Crippen molar-refractivity contribution in [2.45, 2.75) is 38.6 Å². The molecule has 2 aromatic rings. The lowest BCUT2D eigenvalue weighted by Crippen LogP contribution is -2.47. The minimum absolute atomic E-state index is 0.0561. The molecule has 0 N–H and O–H groups in total. The molecule has 0 spiro atoms. The van der Waals surface area contributed by atoms with Gasteiger partial charge in [-0.3, -0.25) is 14.4 Å². The number of hydrogen-bond acceptors (Lipinski definition) is 4. The SMILES string of the molecule is COCCN(C[C@H]1CCCN(C2Cc3ccccc3C2)C1)C(=O)c1cc(C)nn1C. The van der Waals surface area contributed by atoms with Crippen molar-refractivity contribution in [1.82, 2.24) is 19.6 Å². The molecular formula is C24H34N4O2. The maximum absolute atomic E-state index is 13.2. The fourth-order valence-corrected chi connectivity index (χ4v) is 5.13. The number of ether oxygens (including phenoxy) is 1. The number of aryl methyl sites for hydroxylation is 2. The summed E-state index contributed by atoms with van der Waals surface area (Å²) in [4.78, 5) is 17.9. The van der Waals surface area contributed by atoms with Crippen LogP contribution in [0.4, 0.5) is 0 Å². The third-order valence-corrected chi connectivity index (χ3v) is 6.65. The average Bonchev–Trinajstić information content (AvgIpc) is 3.33. The van der Waals surface area contributed by atoms with E-state index in [1.807, 2.05) is 24.9 Å². The van der Waals surface area contributed by atoms with Crippen LogP contribution in [0.1, 0.15) is 40.2 Å². The van der Waals surface area contributed by atoms with Crippen LogP contribution in [0.15, 0.2) is 30.3 Å². The van der Waals surface area contributed by atoms with Gasteiger partial charge in [-0.25, -0.2) is 0 Å². The van der Waals surface area contributed by atoms with Crippen LogP contribution in [-0.4, -0.2) is 71.4 Å². The minimum atomic E-state index is 0.0561. The van der Waals surface area contributed by atoms with Gasteiger partial charge in [-0.2, -0.15) is 5.10 Å². The summed E-state index contributed by atoms with van der Waals surface area (Å²) < 4.78 is 6.99. The topological polar surface area (TPSA) is 50.6 Å². The number of carbonyl (C=O) groups is 1. The van der Waals surface area contributed by atoms with Gasteiger partial charge in [-0.15, -0.1) is 0 Å². The van der Waals surface area contributed by atoms with E-state index in [9.17, 15) is 4.79 Å². The Hall–Kier alpha value is -2.18. The number of fused-ring (bicyclic) bond motifs is 1. The van der Waals surface area contributed by atoms with Crippen molar-refractivity contribution in [3.63, 3.8) is 0 Å². The van der Waals surface area contributed by atoms with Crippen molar-refractivity contribution in [1.29, 1.82) is 0 Å². The van der Waals surface area contributed by atoms with Gasteiger partial charge in [0, 0.05) is 39.8 Å². The zero-order valence-electron chi connectivity index (χ0n) is 18.5. The van der Waals surface area contributed by atoms with Crippen molar-refractivity contribution >= 4 is 5.91 Å². The summed E-state index contributed by atoms with van der Waals surface area (Å²) in [6, 6.07) is 11.3. The predicted octanol–water partition coefficient (Wildman–Crippen LogP) is 2.70. The van der Waals surface area contributed by atoms with Gasteiger partial charge in [0.05, 0.1) is 12.3 Å². The Bertz CT molecular complexity index is 853. The van der Waals surface area contributed by atoms with Crippen molar-refractivity contribution < 1.29 is 9.53 Å². The number of nitrogens with zero attached hydrogens (tertiary/aromatic N) is 4. The van der Waals surface area contributed by atoms with E-state index in [1.165, 1.54) is 30.5 Å². The fraction of sp³-hybridized carbons (Fsp3) is 0.583. The minimum Gasteiger partial charge on any atom is -0.383 e. The predicted molar refractivity (Wildman–Crippen MR) is 118 cm³/mol. The van der Waals surface area contributed by atoms with Crippen molar-refractivity contribution in [2.24, 2.45) is 13.0 Å². The fourth-order valence-electron chi connectivity index (χ4n) is 5.13. The van der Waals surface area contributed by atoms with E-state index in [2.05, 4.69) is 34.3 Å². The number of hydrogen-bond donors (Lipinski definition) is 0. The zero-order chi connectivity index (χ0) is 21.1. The molecule has 0 bridgehead atoms. The molecule has 0 saturated carbocycles. The first-order chi connectivity index (χ1) is 14.5. The largest absolute Gasteiger partial charge is 0.383 e. The van der Waals surface area contributed by atoms with Crippen LogP contribution in [0, 0.1) is 12.8 Å². The Balaban J connectivity index is 1.41. The second kappa shape index (κ2) is 9.31. The summed E-state index contributed by atoms with van der Waals surface area (Å²) in [6.45, 7) is 6.11. The van der Waals surface area contributed by atoms with Gasteiger partial charge in [0.1, 0.15) is 5.69 Å². The molecule has 30 heavy (non-hydrogen) atoms. The molecular weight excluding hydrogens is 376 g/mol. The van der Waals surface area contributed by atoms with Crippen molar-refractivity contribution in [2.75, 3.05) is 39.9 Å². The molecule has 162 valence electrons. The van der Waals surface area contributed by atoms with Crippen molar-refractivity contribution in [3.05, 3.63) is 52.8 Å². The molecule has 1 amide bonds. The maximum atomic E-state index is 13.2. The number of piperidine rings is 1. The number of amides is 1. The van der Waals surface area contributed by atoms with Gasteiger partial charge in [-0.1, -0.05) is 24.3 Å². The first-order valence-corrected chi connectivity index (χ1v) is 11.1. The highest BCUT2D eigenvalue weighted by Gasteiger charge is 2.32. The number of methoxy groups -OCH3 is 1. The highest BCUT2D eigenvalue weighted by molar-refractivity contribution is 5.92. The summed E-state index contributed by atoms with van der Waals surface area (Å²) in [7, 11) is 3.53. The summed E-state index contributed by atoms with van der Waals surface area (Å²) in [6.07, 6.45) is 4.69. The maximum Gasteiger partial charge on any atom is 0.272 e. The molecule has 4 rings (SSSR count). The zero-order valence-corrected chi connectivity index (χ0v) is 18.5. The summed E-state index contributed by atoms with van der Waals surface area (Å²) >= 11 is 0. The Morgan fingerprint density at radius 3 is 2.63 bits per heavy atom. The van der Waals surface area contributed by atoms with Crippen LogP contribution in [0.25, 0.3) is 0 Å². The van der Waals surface area contributed by atoms with E-state index in [0.717, 1.165) is 31.6 Å². The number of carbonyl (C=O) groups excluding carboxylic acids is 1. The van der Waals surface area contributed by atoms with Crippen LogP contribution in [0.3, 0.4) is 0 Å². The quantitative estimate of drug-likeness (QED) is 0.704. The first-order valence-electron chi connectivity index (χ1n) is 11.1. The van der Waals surface area contributed by atoms with Gasteiger partial charge < -0.3 is 9.64 Å². The monoisotopic (exact) mass is 410 g/mol. The molecule has 1 fully saturated rings. The lowest BCUT2D eigenvalue weighted by atomic mass is 9.95. The molecule has 1 saturated heterocycles. The van der Waals surface area contributed by atoms with E-state index < -0.39 is 0 Å². The number of rotatable bonds is 7. The third-order valence-electron chi connectivity index (χ3n) is 6.65. The highest BCUT2D eigenvalue weighted by atomic mass is 16.5. The van der Waals surface area contributed by atoms with E-state index in [1.54, 1.807) is 11.8 Å². The molecule has 6 heteroatoms. The first kappa shape index (κ1) is 21.1. The van der Waals surface area contributed by atoms with Gasteiger partial charge in [0.2, 0.25) is 0 Å². The second-order valence-corrected chi connectivity index (χ2v) is 8.87.